The van der Waals surface area contributed by atoms with E-state index in [2.05, 4.69) is 53.1 Å². The number of hydrogen-bond acceptors (Lipinski definition) is 3. The summed E-state index contributed by atoms with van der Waals surface area (Å²) < 4.78 is 7.93. The fourth-order valence-electron chi connectivity index (χ4n) is 2.73. The number of rotatable bonds is 6. The molecule has 0 radical (unpaired) electrons. The van der Waals surface area contributed by atoms with Crippen molar-refractivity contribution in [3.63, 3.8) is 0 Å². The summed E-state index contributed by atoms with van der Waals surface area (Å²) in [6.07, 6.45) is 5.23. The number of benzene rings is 1. The molecule has 25 heavy (non-hydrogen) atoms. The van der Waals surface area contributed by atoms with Gasteiger partial charge in [-0.2, -0.15) is 0 Å². The van der Waals surface area contributed by atoms with Crippen molar-refractivity contribution in [3.8, 4) is 0 Å². The smallest absolute Gasteiger partial charge is 0.220 e. The lowest BCUT2D eigenvalue weighted by Gasteiger charge is -2.30. The van der Waals surface area contributed by atoms with E-state index in [0.717, 1.165) is 11.1 Å². The van der Waals surface area contributed by atoms with Gasteiger partial charge in [-0.25, -0.2) is 4.57 Å². The van der Waals surface area contributed by atoms with Gasteiger partial charge in [0, 0.05) is 12.1 Å². The van der Waals surface area contributed by atoms with Crippen LogP contribution < -0.4 is 4.57 Å². The molecule has 0 fully saturated rings. The lowest BCUT2D eigenvalue weighted by Crippen LogP contribution is -2.34. The Labute approximate surface area is 148 Å². The van der Waals surface area contributed by atoms with Gasteiger partial charge in [0.2, 0.25) is 11.8 Å². The maximum atomic E-state index is 8.57. The molecule has 0 saturated carbocycles. The van der Waals surface area contributed by atoms with Crippen LogP contribution in [0.1, 0.15) is 49.7 Å². The molecule has 0 aliphatic heterocycles. The molecule has 1 atom stereocenters. The normalized spacial score (nSPS) is 13.8. The Kier molecular flexibility index (Phi) is 4.95. The first-order valence-corrected chi connectivity index (χ1v) is 8.55. The minimum absolute atomic E-state index is 0.361. The van der Waals surface area contributed by atoms with Gasteiger partial charge in [0.15, 0.2) is 18.4 Å². The first-order valence-electron chi connectivity index (χ1n) is 8.55. The molecule has 1 N–H and O–H groups in total. The fraction of sp³-hybridized carbons (Fsp3) is 0.350. The first kappa shape index (κ1) is 17.3. The van der Waals surface area contributed by atoms with Crippen molar-refractivity contribution < 1.29 is 8.98 Å². The van der Waals surface area contributed by atoms with Crippen molar-refractivity contribution in [2.75, 3.05) is 0 Å². The van der Waals surface area contributed by atoms with Crippen molar-refractivity contribution >= 4 is 0 Å². The van der Waals surface area contributed by atoms with Crippen LogP contribution in [-0.4, -0.2) is 10.2 Å². The van der Waals surface area contributed by atoms with Gasteiger partial charge in [0.05, 0.1) is 6.42 Å². The van der Waals surface area contributed by atoms with Crippen LogP contribution in [0.25, 0.3) is 5.73 Å². The zero-order chi connectivity index (χ0) is 17.9. The minimum Gasteiger partial charge on any atom is -0.664 e. The average Bonchev–Trinajstić information content (AvgIpc) is 3.05. The highest BCUT2D eigenvalue weighted by Crippen LogP contribution is 2.28. The first-order chi connectivity index (χ1) is 11.9. The van der Waals surface area contributed by atoms with E-state index in [1.165, 1.54) is 0 Å². The van der Waals surface area contributed by atoms with Crippen molar-refractivity contribution in [1.82, 2.24) is 10.2 Å². The second-order valence-corrected chi connectivity index (χ2v) is 6.92. The molecular formula is C20H24N4O. The predicted octanol–water partition coefficient (Wildman–Crippen LogP) is 4.04. The molecule has 3 rings (SSSR count). The van der Waals surface area contributed by atoms with Gasteiger partial charge < -0.3 is 10.2 Å². The topological polar surface area (TPSA) is 66.6 Å². The quantitative estimate of drug-likeness (QED) is 0.638. The lowest BCUT2D eigenvalue weighted by molar-refractivity contribution is -0.716. The molecule has 5 heteroatoms. The van der Waals surface area contributed by atoms with E-state index in [1.807, 2.05) is 37.3 Å². The van der Waals surface area contributed by atoms with E-state index in [1.54, 1.807) is 0 Å². The Hall–Kier alpha value is -2.53. The van der Waals surface area contributed by atoms with Gasteiger partial charge in [0.25, 0.3) is 0 Å². The highest BCUT2D eigenvalue weighted by Gasteiger charge is 2.21. The van der Waals surface area contributed by atoms with Gasteiger partial charge in [-0.05, 0) is 36.9 Å². The van der Waals surface area contributed by atoms with E-state index >= 15 is 0 Å². The second-order valence-electron chi connectivity index (χ2n) is 6.92. The number of nitrogens with one attached hydrogen (secondary N) is 1. The second kappa shape index (κ2) is 7.15. The molecule has 1 aromatic carbocycles. The standard InChI is InChI=1S/C20H24N4O/c1-15(2)24-11-9-16(10-12-24)13-18-22-23-19(25-18)20(3,21)14-17-7-5-4-6-8-17/h4-12,15,21H,13-14H2,1-3H3/t20-/m1/s1. The molecular weight excluding hydrogens is 312 g/mol. The monoisotopic (exact) mass is 336 g/mol. The molecule has 2 heterocycles. The van der Waals surface area contributed by atoms with E-state index in [-0.39, 0.29) is 0 Å². The largest absolute Gasteiger partial charge is 0.664 e. The molecule has 0 aliphatic carbocycles. The van der Waals surface area contributed by atoms with Crippen LogP contribution in [0.5, 0.6) is 0 Å². The van der Waals surface area contributed by atoms with Crippen LogP contribution >= 0.6 is 0 Å². The molecule has 0 amide bonds. The number of hydrogen-bond donors (Lipinski definition) is 0. The summed E-state index contributed by atoms with van der Waals surface area (Å²) in [5, 5.41) is 8.25. The molecule has 3 aromatic rings. The van der Waals surface area contributed by atoms with E-state index in [0.29, 0.717) is 30.7 Å². The summed E-state index contributed by atoms with van der Waals surface area (Å²) in [5.41, 5.74) is 9.83. The summed E-state index contributed by atoms with van der Waals surface area (Å²) in [5.74, 6) is 0.906. The Bertz CT molecular complexity index is 807. The Morgan fingerprint density at radius 1 is 1.04 bits per heavy atom. The van der Waals surface area contributed by atoms with Crippen molar-refractivity contribution in [2.24, 2.45) is 0 Å². The van der Waals surface area contributed by atoms with Crippen LogP contribution in [0.3, 0.4) is 0 Å². The Morgan fingerprint density at radius 2 is 1.72 bits per heavy atom. The molecule has 2 aromatic heterocycles. The van der Waals surface area contributed by atoms with E-state index < -0.39 is 5.54 Å². The van der Waals surface area contributed by atoms with Crippen LogP contribution in [0.2, 0.25) is 0 Å². The van der Waals surface area contributed by atoms with Gasteiger partial charge >= 0.3 is 0 Å². The zero-order valence-electron chi connectivity index (χ0n) is 14.9. The maximum absolute atomic E-state index is 8.57. The number of nitrogens with zero attached hydrogens (tertiary/aromatic N) is 3. The van der Waals surface area contributed by atoms with Crippen LogP contribution in [0.15, 0.2) is 59.3 Å². The Morgan fingerprint density at radius 3 is 2.36 bits per heavy atom. The summed E-state index contributed by atoms with van der Waals surface area (Å²) >= 11 is 0. The van der Waals surface area contributed by atoms with Crippen molar-refractivity contribution in [1.29, 1.82) is 0 Å². The minimum atomic E-state index is -0.941. The predicted molar refractivity (Wildman–Crippen MR) is 95.9 cm³/mol. The molecule has 130 valence electrons. The van der Waals surface area contributed by atoms with Crippen molar-refractivity contribution in [2.45, 2.75) is 45.2 Å². The van der Waals surface area contributed by atoms with Crippen molar-refractivity contribution in [3.05, 3.63) is 83.5 Å². The van der Waals surface area contributed by atoms with Gasteiger partial charge in [-0.15, -0.1) is 10.2 Å². The molecule has 5 nitrogen and oxygen atoms in total. The van der Waals surface area contributed by atoms with Gasteiger partial charge in [-0.1, -0.05) is 37.3 Å². The zero-order valence-corrected chi connectivity index (χ0v) is 14.9. The number of aromatic nitrogens is 3. The lowest BCUT2D eigenvalue weighted by atomic mass is 9.94. The molecule has 0 aliphatic rings. The van der Waals surface area contributed by atoms with Gasteiger partial charge in [-0.3, -0.25) is 0 Å². The molecule has 0 bridgehead atoms. The summed E-state index contributed by atoms with van der Waals surface area (Å²) in [6.45, 7) is 6.10. The number of pyridine rings is 1. The van der Waals surface area contributed by atoms with Crippen LogP contribution in [-0.2, 0) is 18.4 Å². The highest BCUT2D eigenvalue weighted by atomic mass is 16.4. The van der Waals surface area contributed by atoms with Crippen LogP contribution in [0.4, 0.5) is 0 Å². The fourth-order valence-corrected chi connectivity index (χ4v) is 2.73. The SMILES string of the molecule is CC(C)[n+]1ccc(Cc2nnc([C@](C)([NH-])Cc3ccccc3)o2)cc1. The van der Waals surface area contributed by atoms with Gasteiger partial charge in [0.1, 0.15) is 0 Å². The summed E-state index contributed by atoms with van der Waals surface area (Å²) in [6, 6.07) is 14.5. The molecule has 0 spiro atoms. The summed E-state index contributed by atoms with van der Waals surface area (Å²) in [4.78, 5) is 0. The summed E-state index contributed by atoms with van der Waals surface area (Å²) in [7, 11) is 0. The molecule has 0 saturated heterocycles. The van der Waals surface area contributed by atoms with E-state index in [4.69, 9.17) is 10.2 Å². The highest BCUT2D eigenvalue weighted by molar-refractivity contribution is 5.21. The third-order valence-corrected chi connectivity index (χ3v) is 4.21. The third kappa shape index (κ3) is 4.31. The maximum Gasteiger partial charge on any atom is 0.220 e. The van der Waals surface area contributed by atoms with Crippen LogP contribution in [0, 0.1) is 0 Å². The average molecular weight is 336 g/mol. The Balaban J connectivity index is 1.71. The molecule has 0 unspecified atom stereocenters. The van der Waals surface area contributed by atoms with E-state index in [9.17, 15) is 0 Å². The third-order valence-electron chi connectivity index (χ3n) is 4.21.